The molecule has 0 aromatic heterocycles. The van der Waals surface area contributed by atoms with Gasteiger partial charge in [-0.1, -0.05) is 23.7 Å². The van der Waals surface area contributed by atoms with Gasteiger partial charge in [-0.2, -0.15) is 13.2 Å². The maximum Gasteiger partial charge on any atom is 0.418 e. The average molecular weight is 449 g/mol. The smallest absolute Gasteiger partial charge is 0.418 e. The van der Waals surface area contributed by atoms with Crippen molar-refractivity contribution in [2.45, 2.75) is 11.1 Å². The first-order valence-electron chi connectivity index (χ1n) is 7.76. The number of hydrogen-bond donors (Lipinski definition) is 1. The minimum atomic E-state index is -4.93. The highest BCUT2D eigenvalue weighted by Crippen LogP contribution is 2.37. The summed E-state index contributed by atoms with van der Waals surface area (Å²) in [6.45, 7) is -0.823. The van der Waals surface area contributed by atoms with Gasteiger partial charge in [0.15, 0.2) is 6.61 Å². The molecule has 2 aromatic rings. The first-order valence-corrected chi connectivity index (χ1v) is 9.12. The zero-order chi connectivity index (χ0) is 21.6. The Labute approximate surface area is 171 Å². The van der Waals surface area contributed by atoms with Gasteiger partial charge < -0.3 is 10.1 Å². The van der Waals surface area contributed by atoms with E-state index in [1.54, 1.807) is 24.3 Å². The summed E-state index contributed by atoms with van der Waals surface area (Å²) in [7, 11) is 0. The summed E-state index contributed by atoms with van der Waals surface area (Å²) in [4.78, 5) is 33.8. The van der Waals surface area contributed by atoms with Crippen molar-refractivity contribution in [2.24, 2.45) is 0 Å². The lowest BCUT2D eigenvalue weighted by Crippen LogP contribution is -2.23. The summed E-state index contributed by atoms with van der Waals surface area (Å²) in [5.74, 6) is -1.97. The molecule has 154 valence electrons. The SMILES string of the molecule is O=C(COC(=O)CSc1ccccc1Cl)Nc1ccc([N+](=O)[O-])cc1C(F)(F)F. The number of rotatable bonds is 7. The molecule has 1 amide bonds. The van der Waals surface area contributed by atoms with Crippen molar-refractivity contribution in [3.63, 3.8) is 0 Å². The molecule has 0 saturated carbocycles. The van der Waals surface area contributed by atoms with E-state index in [4.69, 9.17) is 16.3 Å². The first-order chi connectivity index (χ1) is 13.6. The zero-order valence-corrected chi connectivity index (χ0v) is 15.9. The maximum absolute atomic E-state index is 13.1. The molecule has 0 aliphatic rings. The van der Waals surface area contributed by atoms with Crippen LogP contribution in [0.25, 0.3) is 0 Å². The number of alkyl halides is 3. The van der Waals surface area contributed by atoms with Crippen LogP contribution in [0, 0.1) is 10.1 Å². The number of anilines is 1. The molecule has 29 heavy (non-hydrogen) atoms. The van der Waals surface area contributed by atoms with Gasteiger partial charge in [-0.15, -0.1) is 11.8 Å². The number of thioether (sulfide) groups is 1. The predicted molar refractivity (Wildman–Crippen MR) is 99.9 cm³/mol. The highest BCUT2D eigenvalue weighted by atomic mass is 35.5. The number of nitro benzene ring substituents is 1. The molecule has 12 heteroatoms. The number of carbonyl (C=O) groups excluding carboxylic acids is 2. The summed E-state index contributed by atoms with van der Waals surface area (Å²) in [5.41, 5.74) is -2.85. The fraction of sp³-hybridized carbons (Fsp3) is 0.176. The van der Waals surface area contributed by atoms with Gasteiger partial charge in [-0.05, 0) is 18.2 Å². The molecular formula is C17H12ClF3N2O5S. The standard InChI is InChI=1S/C17H12ClF3N2O5S/c18-12-3-1-2-4-14(12)29-9-16(25)28-8-15(24)22-13-6-5-10(23(26)27)7-11(13)17(19,20)21/h1-7H,8-9H2,(H,22,24). The van der Waals surface area contributed by atoms with Gasteiger partial charge in [-0.25, -0.2) is 0 Å². The van der Waals surface area contributed by atoms with Gasteiger partial charge in [0, 0.05) is 17.0 Å². The van der Waals surface area contributed by atoms with Gasteiger partial charge in [0.2, 0.25) is 0 Å². The lowest BCUT2D eigenvalue weighted by atomic mass is 10.1. The van der Waals surface area contributed by atoms with Crippen LogP contribution in [0.15, 0.2) is 47.4 Å². The van der Waals surface area contributed by atoms with Crippen LogP contribution in [-0.2, 0) is 20.5 Å². The van der Waals surface area contributed by atoms with Gasteiger partial charge in [0.1, 0.15) is 0 Å². The Morgan fingerprint density at radius 2 is 1.90 bits per heavy atom. The minimum Gasteiger partial charge on any atom is -0.455 e. The third-order valence-electron chi connectivity index (χ3n) is 3.34. The van der Waals surface area contributed by atoms with Crippen molar-refractivity contribution < 1.29 is 32.4 Å². The molecule has 0 radical (unpaired) electrons. The second kappa shape index (κ2) is 9.61. The molecule has 0 fully saturated rings. The highest BCUT2D eigenvalue weighted by molar-refractivity contribution is 8.00. The molecule has 0 heterocycles. The second-order valence-electron chi connectivity index (χ2n) is 5.41. The van der Waals surface area contributed by atoms with Crippen LogP contribution in [0.5, 0.6) is 0 Å². The number of esters is 1. The quantitative estimate of drug-likeness (QED) is 0.289. The Hall–Kier alpha value is -2.79. The number of nitrogens with zero attached hydrogens (tertiary/aromatic N) is 1. The number of amides is 1. The van der Waals surface area contributed by atoms with E-state index in [9.17, 15) is 32.9 Å². The molecule has 7 nitrogen and oxygen atoms in total. The van der Waals surface area contributed by atoms with Gasteiger partial charge >= 0.3 is 12.1 Å². The molecule has 0 aliphatic carbocycles. The number of non-ortho nitro benzene ring substituents is 1. The Balaban J connectivity index is 1.94. The third-order valence-corrected chi connectivity index (χ3v) is 4.83. The van der Waals surface area contributed by atoms with Crippen LogP contribution < -0.4 is 5.32 Å². The molecule has 0 unspecified atom stereocenters. The number of nitrogens with one attached hydrogen (secondary N) is 1. The number of nitro groups is 1. The van der Waals surface area contributed by atoms with Crippen molar-refractivity contribution >= 4 is 46.6 Å². The predicted octanol–water partition coefficient (Wildman–Crippen LogP) is 4.54. The molecule has 0 spiro atoms. The summed E-state index contributed by atoms with van der Waals surface area (Å²) in [5, 5.41) is 13.0. The zero-order valence-electron chi connectivity index (χ0n) is 14.4. The van der Waals surface area contributed by atoms with Crippen LogP contribution in [0.1, 0.15) is 5.56 Å². The molecule has 0 aliphatic heterocycles. The van der Waals surface area contributed by atoms with Crippen molar-refractivity contribution in [3.05, 3.63) is 63.2 Å². The maximum atomic E-state index is 13.1. The normalized spacial score (nSPS) is 11.0. The average Bonchev–Trinajstić information content (AvgIpc) is 2.65. The lowest BCUT2D eigenvalue weighted by Gasteiger charge is -2.13. The summed E-state index contributed by atoms with van der Waals surface area (Å²) < 4.78 is 44.0. The van der Waals surface area contributed by atoms with Crippen LogP contribution >= 0.6 is 23.4 Å². The Morgan fingerprint density at radius 3 is 2.52 bits per heavy atom. The monoisotopic (exact) mass is 448 g/mol. The summed E-state index contributed by atoms with van der Waals surface area (Å²) in [6, 6.07) is 8.62. The van der Waals surface area contributed by atoms with Gasteiger partial charge in [0.05, 0.1) is 26.9 Å². The molecule has 1 N–H and O–H groups in total. The van der Waals surface area contributed by atoms with E-state index in [1.807, 2.05) is 5.32 Å². The minimum absolute atomic E-state index is 0.164. The fourth-order valence-electron chi connectivity index (χ4n) is 2.06. The Morgan fingerprint density at radius 1 is 1.21 bits per heavy atom. The fourth-order valence-corrected chi connectivity index (χ4v) is 3.10. The molecule has 2 aromatic carbocycles. The van der Waals surface area contributed by atoms with E-state index < -0.39 is 46.5 Å². The van der Waals surface area contributed by atoms with E-state index in [1.165, 1.54) is 0 Å². The largest absolute Gasteiger partial charge is 0.455 e. The van der Waals surface area contributed by atoms with Crippen LogP contribution in [0.3, 0.4) is 0 Å². The second-order valence-corrected chi connectivity index (χ2v) is 6.84. The number of benzene rings is 2. The van der Waals surface area contributed by atoms with Crippen molar-refractivity contribution in [1.29, 1.82) is 0 Å². The molecule has 2 rings (SSSR count). The number of ether oxygens (including phenoxy) is 1. The van der Waals surface area contributed by atoms with Crippen molar-refractivity contribution in [3.8, 4) is 0 Å². The molecule has 0 atom stereocenters. The third kappa shape index (κ3) is 6.64. The summed E-state index contributed by atoms with van der Waals surface area (Å²) in [6.07, 6.45) is -4.93. The van der Waals surface area contributed by atoms with E-state index in [0.29, 0.717) is 16.0 Å². The van der Waals surface area contributed by atoms with Crippen molar-refractivity contribution in [2.75, 3.05) is 17.7 Å². The Bertz CT molecular complexity index is 940. The Kier molecular flexibility index (Phi) is 7.46. The first kappa shape index (κ1) is 22.5. The number of carbonyl (C=O) groups is 2. The number of halogens is 4. The van der Waals surface area contributed by atoms with Gasteiger partial charge in [0.25, 0.3) is 11.6 Å². The van der Waals surface area contributed by atoms with E-state index >= 15 is 0 Å². The molecular weight excluding hydrogens is 437 g/mol. The van der Waals surface area contributed by atoms with E-state index in [2.05, 4.69) is 0 Å². The van der Waals surface area contributed by atoms with E-state index in [-0.39, 0.29) is 5.75 Å². The van der Waals surface area contributed by atoms with Gasteiger partial charge in [-0.3, -0.25) is 19.7 Å². The van der Waals surface area contributed by atoms with Crippen LogP contribution in [0.2, 0.25) is 5.02 Å². The molecule has 0 bridgehead atoms. The molecule has 0 saturated heterocycles. The van der Waals surface area contributed by atoms with Crippen LogP contribution in [-0.4, -0.2) is 29.2 Å². The van der Waals surface area contributed by atoms with Crippen LogP contribution in [0.4, 0.5) is 24.5 Å². The number of hydrogen-bond acceptors (Lipinski definition) is 6. The summed E-state index contributed by atoms with van der Waals surface area (Å²) >= 11 is 7.01. The lowest BCUT2D eigenvalue weighted by molar-refractivity contribution is -0.385. The topological polar surface area (TPSA) is 98.5 Å². The highest BCUT2D eigenvalue weighted by Gasteiger charge is 2.35. The van der Waals surface area contributed by atoms with E-state index in [0.717, 1.165) is 23.9 Å². The van der Waals surface area contributed by atoms with Crippen molar-refractivity contribution in [1.82, 2.24) is 0 Å².